The number of hydrogen-bond acceptors (Lipinski definition) is 9. The van der Waals surface area contributed by atoms with Gasteiger partial charge in [-0.05, 0) is 7.05 Å². The van der Waals surface area contributed by atoms with E-state index >= 15 is 0 Å². The molecule has 0 aromatic carbocycles. The Balaban J connectivity index is 0.000000459. The number of ether oxygens (including phenoxy) is 1. The van der Waals surface area contributed by atoms with Crippen molar-refractivity contribution in [3.05, 3.63) is 0 Å². The summed E-state index contributed by atoms with van der Waals surface area (Å²) in [6, 6.07) is -0.738. The first-order chi connectivity index (χ1) is 8.76. The Bertz CT molecular complexity index is 310. The molecule has 11 heteroatoms. The lowest BCUT2D eigenvalue weighted by Gasteiger charge is -2.39. The van der Waals surface area contributed by atoms with E-state index in [1.807, 2.05) is 0 Å². The van der Waals surface area contributed by atoms with E-state index in [-0.39, 0.29) is 4.32 Å². The molecule has 1 heterocycles. The molecule has 0 aromatic rings. The van der Waals surface area contributed by atoms with Gasteiger partial charge in [-0.15, -0.1) is 0 Å². The molecule has 0 amide bonds. The molecular weight excluding hydrogens is 332 g/mol. The van der Waals surface area contributed by atoms with Gasteiger partial charge in [0.25, 0.3) is 0 Å². The van der Waals surface area contributed by atoms with E-state index in [1.54, 1.807) is 0 Å². The Morgan fingerprint density at radius 1 is 1.42 bits per heavy atom. The number of thiol groups is 1. The van der Waals surface area contributed by atoms with E-state index in [9.17, 15) is 15.3 Å². The standard InChI is InChI=1S/C7H15NO5.CHNS4/c1-8-4-6(11)5(10)3(2-9)13-7(4)12;3-1(4)2(5)6/h3-12H,2H2,1H3;(H,3,4)/t3-,4-,5-,6-,7?;/m1./s1. The van der Waals surface area contributed by atoms with Gasteiger partial charge in [-0.3, -0.25) is 0 Å². The highest BCUT2D eigenvalue weighted by molar-refractivity contribution is 8.11. The van der Waals surface area contributed by atoms with Gasteiger partial charge in [0.1, 0.15) is 18.3 Å². The Labute approximate surface area is 132 Å². The zero-order valence-electron chi connectivity index (χ0n) is 9.91. The number of likely N-dealkylation sites (N-methyl/N-ethyl adjacent to an activating group) is 1. The van der Waals surface area contributed by atoms with E-state index in [0.29, 0.717) is 0 Å². The van der Waals surface area contributed by atoms with E-state index < -0.39 is 37.3 Å². The topological polar surface area (TPSA) is 105 Å². The summed E-state index contributed by atoms with van der Waals surface area (Å²) in [5.41, 5.74) is 0. The zero-order valence-corrected chi connectivity index (χ0v) is 13.3. The van der Waals surface area contributed by atoms with Crippen LogP contribution in [0.25, 0.3) is 0 Å². The van der Waals surface area contributed by atoms with Gasteiger partial charge in [-0.2, -0.15) is 0 Å². The summed E-state index contributed by atoms with van der Waals surface area (Å²) in [6.07, 6.45) is -4.49. The number of nitrogens with one attached hydrogen (secondary N) is 1. The van der Waals surface area contributed by atoms with E-state index in [0.717, 1.165) is 3.35 Å². The number of hydrogen-bond donors (Lipinski definition) is 6. The minimum atomic E-state index is -1.22. The number of aliphatic hydroxyl groups excluding tert-OH is 4. The predicted molar refractivity (Wildman–Crippen MR) is 79.4 cm³/mol. The monoisotopic (exact) mass is 348 g/mol. The minimum Gasteiger partial charge on any atom is -0.394 e. The molecule has 1 fully saturated rings. The van der Waals surface area contributed by atoms with Crippen LogP contribution in [0.5, 0.6) is 0 Å². The molecule has 5 atom stereocenters. The molecule has 1 saturated heterocycles. The second-order valence-electron chi connectivity index (χ2n) is 3.58. The van der Waals surface area contributed by atoms with Crippen LogP contribution in [0.2, 0.25) is 0 Å². The summed E-state index contributed by atoms with van der Waals surface area (Å²) in [6.45, 7) is -0.439. The van der Waals surface area contributed by atoms with Crippen LogP contribution >= 0.6 is 24.8 Å². The number of aliphatic hydroxyl groups is 4. The summed E-state index contributed by atoms with van der Waals surface area (Å²) in [7, 11) is 1.53. The third-order valence-electron chi connectivity index (χ3n) is 2.39. The minimum absolute atomic E-state index is 0.250. The first-order valence-electron chi connectivity index (χ1n) is 5.11. The molecule has 19 heavy (non-hydrogen) atoms. The lowest BCUT2D eigenvalue weighted by Crippen LogP contribution is -2.62. The van der Waals surface area contributed by atoms with E-state index in [2.05, 4.69) is 55.4 Å². The van der Waals surface area contributed by atoms with Crippen molar-refractivity contribution in [1.29, 1.82) is 0 Å². The van der Waals surface area contributed by atoms with Gasteiger partial charge in [0.05, 0.1) is 12.6 Å². The SMILES string of the molecule is CN[C@H]1C(O)O[C@H](CO)[C@@H](O)[C@@H]1O.S=C(S)[N+](=S)[S-]. The van der Waals surface area contributed by atoms with Crippen LogP contribution < -0.4 is 5.32 Å². The van der Waals surface area contributed by atoms with Crippen molar-refractivity contribution in [2.45, 2.75) is 30.6 Å². The molecule has 1 aliphatic rings. The van der Waals surface area contributed by atoms with Gasteiger partial charge in [0, 0.05) is 12.2 Å². The van der Waals surface area contributed by atoms with Crippen LogP contribution in [0.1, 0.15) is 0 Å². The van der Waals surface area contributed by atoms with Gasteiger partial charge >= 0.3 is 4.32 Å². The first kappa shape index (κ1) is 19.4. The van der Waals surface area contributed by atoms with Crippen LogP contribution in [-0.4, -0.2) is 72.4 Å². The fraction of sp³-hybridized carbons (Fsp3) is 0.875. The first-order valence-corrected chi connectivity index (χ1v) is 6.69. The van der Waals surface area contributed by atoms with Crippen molar-refractivity contribution in [3.8, 4) is 0 Å². The molecule has 0 aromatic heterocycles. The molecule has 0 aliphatic carbocycles. The Hall–Kier alpha value is 0.440. The second kappa shape index (κ2) is 9.39. The fourth-order valence-electron chi connectivity index (χ4n) is 1.41. The van der Waals surface area contributed by atoms with Gasteiger partial charge in [-0.25, -0.2) is 3.35 Å². The average molecular weight is 348 g/mol. The maximum Gasteiger partial charge on any atom is 0.301 e. The lowest BCUT2D eigenvalue weighted by molar-refractivity contribution is -0.253. The quantitative estimate of drug-likeness (QED) is 0.139. The highest BCUT2D eigenvalue weighted by Crippen LogP contribution is 2.18. The fourth-order valence-corrected chi connectivity index (χ4v) is 1.41. The summed E-state index contributed by atoms with van der Waals surface area (Å²) in [5, 5.41) is 39.4. The van der Waals surface area contributed by atoms with Crippen LogP contribution in [-0.2, 0) is 30.0 Å². The third-order valence-corrected chi connectivity index (χ3v) is 3.64. The van der Waals surface area contributed by atoms with Crippen molar-refractivity contribution in [1.82, 2.24) is 5.32 Å². The zero-order chi connectivity index (χ0) is 15.2. The van der Waals surface area contributed by atoms with Crippen molar-refractivity contribution in [2.75, 3.05) is 13.7 Å². The number of rotatable bonds is 2. The van der Waals surface area contributed by atoms with Crippen molar-refractivity contribution >= 4 is 54.4 Å². The van der Waals surface area contributed by atoms with Crippen molar-refractivity contribution < 1.29 is 28.5 Å². The van der Waals surface area contributed by atoms with Crippen LogP contribution in [0.4, 0.5) is 0 Å². The van der Waals surface area contributed by atoms with Crippen LogP contribution in [0.15, 0.2) is 0 Å². The maximum atomic E-state index is 9.45. The van der Waals surface area contributed by atoms with Gasteiger partial charge in [0.15, 0.2) is 6.29 Å². The number of thiocarbonyl (C=S) groups is 1. The Kier molecular flexibility index (Phi) is 9.61. The molecule has 1 rings (SSSR count). The molecule has 5 N–H and O–H groups in total. The predicted octanol–water partition coefficient (Wildman–Crippen LogP) is -2.59. The van der Waals surface area contributed by atoms with Gasteiger partial charge in [-0.1, -0.05) is 37.9 Å². The second-order valence-corrected chi connectivity index (χ2v) is 5.66. The van der Waals surface area contributed by atoms with Gasteiger partial charge < -0.3 is 30.5 Å². The molecule has 0 radical (unpaired) electrons. The third kappa shape index (κ3) is 6.16. The summed E-state index contributed by atoms with van der Waals surface area (Å²) in [5.74, 6) is 0. The molecule has 0 bridgehead atoms. The molecule has 7 nitrogen and oxygen atoms in total. The molecular formula is C8H16N2O5S4. The smallest absolute Gasteiger partial charge is 0.301 e. The van der Waals surface area contributed by atoms with Crippen molar-refractivity contribution in [2.24, 2.45) is 0 Å². The molecule has 0 saturated carbocycles. The van der Waals surface area contributed by atoms with E-state index in [4.69, 9.17) is 9.84 Å². The molecule has 0 spiro atoms. The molecule has 1 unspecified atom stereocenters. The highest BCUT2D eigenvalue weighted by atomic mass is 32.2. The average Bonchev–Trinajstić information content (AvgIpc) is 2.35. The normalized spacial score (nSPS) is 34.1. The van der Waals surface area contributed by atoms with Crippen molar-refractivity contribution in [3.63, 3.8) is 0 Å². The summed E-state index contributed by atoms with van der Waals surface area (Å²) < 4.78 is 6.03. The summed E-state index contributed by atoms with van der Waals surface area (Å²) >= 11 is 16.7. The lowest BCUT2D eigenvalue weighted by atomic mass is 9.97. The van der Waals surface area contributed by atoms with E-state index in [1.165, 1.54) is 7.05 Å². The largest absolute Gasteiger partial charge is 0.394 e. The Morgan fingerprint density at radius 3 is 2.21 bits per heavy atom. The van der Waals surface area contributed by atoms with Gasteiger partial charge in [0.2, 0.25) is 0 Å². The number of nitrogens with zero attached hydrogens (tertiary/aromatic N) is 1. The Morgan fingerprint density at radius 2 is 1.89 bits per heavy atom. The molecule has 1 aliphatic heterocycles. The highest BCUT2D eigenvalue weighted by Gasteiger charge is 2.42. The summed E-state index contributed by atoms with van der Waals surface area (Å²) in [4.78, 5) is 0. The van der Waals surface area contributed by atoms with Crippen LogP contribution in [0.3, 0.4) is 0 Å². The maximum absolute atomic E-state index is 9.45. The molecule has 112 valence electrons. The van der Waals surface area contributed by atoms with Crippen LogP contribution in [0, 0.1) is 0 Å².